The van der Waals surface area contributed by atoms with E-state index in [4.69, 9.17) is 0 Å². The van der Waals surface area contributed by atoms with Crippen LogP contribution in [0, 0.1) is 0 Å². The number of quaternary nitrogens is 1. The number of benzene rings is 1. The normalized spacial score (nSPS) is 25.4. The molecule has 146 valence electrons. The zero-order valence-electron chi connectivity index (χ0n) is 13.9. The molecule has 6 nitrogen and oxygen atoms in total. The number of hydrogen-bond donors (Lipinski definition) is 1. The molecule has 0 radical (unpaired) electrons. The Morgan fingerprint density at radius 2 is 1.65 bits per heavy atom. The van der Waals surface area contributed by atoms with E-state index < -0.39 is 31.6 Å². The number of piperazine rings is 1. The SMILES string of the molecule is O=S1(=O)CC[C@@H]([NH+]2CCN(S(=O)(=O)c3ccc(C(F)(F)F)cc3)CC2)C1. The van der Waals surface area contributed by atoms with Crippen LogP contribution in [0.2, 0.25) is 0 Å². The molecule has 3 rings (SSSR count). The molecule has 2 heterocycles. The predicted molar refractivity (Wildman–Crippen MR) is 88.0 cm³/mol. The Labute approximate surface area is 150 Å². The number of nitrogens with one attached hydrogen (secondary N) is 1. The topological polar surface area (TPSA) is 76.0 Å². The van der Waals surface area contributed by atoms with Gasteiger partial charge in [-0.15, -0.1) is 0 Å². The summed E-state index contributed by atoms with van der Waals surface area (Å²) in [7, 11) is -6.85. The van der Waals surface area contributed by atoms with Crippen LogP contribution in [0.25, 0.3) is 0 Å². The third-order valence-electron chi connectivity index (χ3n) is 4.99. The Hall–Kier alpha value is -1.17. The van der Waals surface area contributed by atoms with E-state index >= 15 is 0 Å². The minimum atomic E-state index is -4.51. The van der Waals surface area contributed by atoms with Gasteiger partial charge in [-0.25, -0.2) is 16.8 Å². The van der Waals surface area contributed by atoms with Crippen LogP contribution in [0.3, 0.4) is 0 Å². The number of rotatable bonds is 3. The molecule has 2 aliphatic rings. The van der Waals surface area contributed by atoms with Gasteiger partial charge in [-0.2, -0.15) is 17.5 Å². The first-order valence-electron chi connectivity index (χ1n) is 8.21. The van der Waals surface area contributed by atoms with Gasteiger partial charge in [0.15, 0.2) is 9.84 Å². The molecule has 0 amide bonds. The van der Waals surface area contributed by atoms with E-state index in [0.29, 0.717) is 19.5 Å². The van der Waals surface area contributed by atoms with Crippen molar-refractivity contribution < 1.29 is 34.9 Å². The molecule has 2 aliphatic heterocycles. The molecular weight excluding hydrogens is 393 g/mol. The van der Waals surface area contributed by atoms with Crippen LogP contribution in [-0.4, -0.2) is 64.9 Å². The van der Waals surface area contributed by atoms with E-state index in [0.717, 1.165) is 29.2 Å². The lowest BCUT2D eigenvalue weighted by Crippen LogP contribution is -3.18. The van der Waals surface area contributed by atoms with E-state index in [1.54, 1.807) is 0 Å². The second-order valence-corrected chi connectivity index (χ2v) is 10.9. The molecule has 0 aromatic heterocycles. The van der Waals surface area contributed by atoms with Crippen molar-refractivity contribution in [2.24, 2.45) is 0 Å². The molecule has 2 fully saturated rings. The molecule has 0 bridgehead atoms. The molecule has 0 unspecified atom stereocenters. The van der Waals surface area contributed by atoms with E-state index in [9.17, 15) is 30.0 Å². The lowest BCUT2D eigenvalue weighted by Gasteiger charge is -2.34. The second kappa shape index (κ2) is 6.77. The van der Waals surface area contributed by atoms with Crippen LogP contribution in [0.5, 0.6) is 0 Å². The highest BCUT2D eigenvalue weighted by atomic mass is 32.2. The summed E-state index contributed by atoms with van der Waals surface area (Å²) in [6.45, 7) is 1.41. The Bertz CT molecular complexity index is 859. The van der Waals surface area contributed by atoms with Crippen molar-refractivity contribution >= 4 is 19.9 Å². The van der Waals surface area contributed by atoms with Gasteiger partial charge in [0.1, 0.15) is 11.8 Å². The van der Waals surface area contributed by atoms with Crippen molar-refractivity contribution in [3.63, 3.8) is 0 Å². The maximum absolute atomic E-state index is 12.6. The van der Waals surface area contributed by atoms with Crippen LogP contribution < -0.4 is 4.90 Å². The smallest absolute Gasteiger partial charge is 0.329 e. The highest BCUT2D eigenvalue weighted by Gasteiger charge is 2.39. The molecule has 26 heavy (non-hydrogen) atoms. The summed E-state index contributed by atoms with van der Waals surface area (Å²) in [5.74, 6) is 0.308. The molecule has 11 heteroatoms. The lowest BCUT2D eigenvalue weighted by atomic mass is 10.2. The molecule has 1 aromatic rings. The number of nitrogens with zero attached hydrogens (tertiary/aromatic N) is 1. The van der Waals surface area contributed by atoms with Crippen LogP contribution in [-0.2, 0) is 26.0 Å². The first-order chi connectivity index (χ1) is 12.0. The van der Waals surface area contributed by atoms with Gasteiger partial charge in [0.05, 0.1) is 42.4 Å². The fourth-order valence-corrected chi connectivity index (χ4v) is 6.77. The summed E-state index contributed by atoms with van der Waals surface area (Å²) in [5.41, 5.74) is -0.895. The molecule has 2 saturated heterocycles. The van der Waals surface area contributed by atoms with Gasteiger partial charge in [0, 0.05) is 6.42 Å². The molecule has 0 saturated carbocycles. The summed E-state index contributed by atoms with van der Waals surface area (Å²) in [4.78, 5) is 0.905. The molecule has 0 spiro atoms. The maximum atomic E-state index is 12.6. The summed E-state index contributed by atoms with van der Waals surface area (Å²) >= 11 is 0. The summed E-state index contributed by atoms with van der Waals surface area (Å²) < 4.78 is 87.5. The number of halogens is 3. The molecule has 0 aliphatic carbocycles. The van der Waals surface area contributed by atoms with Crippen molar-refractivity contribution in [3.8, 4) is 0 Å². The Kier molecular flexibility index (Phi) is 5.10. The second-order valence-electron chi connectivity index (χ2n) is 6.68. The highest BCUT2D eigenvalue weighted by Crippen LogP contribution is 2.30. The van der Waals surface area contributed by atoms with Gasteiger partial charge in [-0.3, -0.25) is 0 Å². The average Bonchev–Trinajstić information content (AvgIpc) is 2.94. The summed E-state index contributed by atoms with van der Waals surface area (Å²) in [6.07, 6.45) is -3.93. The van der Waals surface area contributed by atoms with E-state index in [-0.39, 0.29) is 35.5 Å². The highest BCUT2D eigenvalue weighted by molar-refractivity contribution is 7.91. The molecule has 1 aromatic carbocycles. The van der Waals surface area contributed by atoms with E-state index in [1.807, 2.05) is 0 Å². The van der Waals surface area contributed by atoms with Crippen LogP contribution >= 0.6 is 0 Å². The van der Waals surface area contributed by atoms with Crippen molar-refractivity contribution in [2.45, 2.75) is 23.5 Å². The number of sulfonamides is 1. The van der Waals surface area contributed by atoms with Crippen LogP contribution in [0.1, 0.15) is 12.0 Å². The van der Waals surface area contributed by atoms with Crippen LogP contribution in [0.4, 0.5) is 13.2 Å². The van der Waals surface area contributed by atoms with E-state index in [2.05, 4.69) is 0 Å². The third-order valence-corrected chi connectivity index (χ3v) is 8.67. The zero-order chi connectivity index (χ0) is 19.2. The van der Waals surface area contributed by atoms with Crippen molar-refractivity contribution in [2.75, 3.05) is 37.7 Å². The van der Waals surface area contributed by atoms with E-state index in [1.165, 1.54) is 4.31 Å². The monoisotopic (exact) mass is 413 g/mol. The predicted octanol–water partition coefficient (Wildman–Crippen LogP) is -0.218. The van der Waals surface area contributed by atoms with Crippen molar-refractivity contribution in [1.29, 1.82) is 0 Å². The van der Waals surface area contributed by atoms with Gasteiger partial charge >= 0.3 is 6.18 Å². The number of sulfone groups is 1. The fourth-order valence-electron chi connectivity index (χ4n) is 3.50. The Morgan fingerprint density at radius 1 is 1.08 bits per heavy atom. The van der Waals surface area contributed by atoms with Gasteiger partial charge in [0.25, 0.3) is 0 Å². The first kappa shape index (κ1) is 19.6. The Morgan fingerprint density at radius 3 is 2.12 bits per heavy atom. The molecular formula is C15H20F3N2O4S2+. The average molecular weight is 413 g/mol. The number of hydrogen-bond acceptors (Lipinski definition) is 4. The van der Waals surface area contributed by atoms with Crippen molar-refractivity contribution in [1.82, 2.24) is 4.31 Å². The lowest BCUT2D eigenvalue weighted by molar-refractivity contribution is -0.925. The maximum Gasteiger partial charge on any atom is 0.416 e. The molecule has 1 N–H and O–H groups in total. The van der Waals surface area contributed by atoms with Crippen LogP contribution in [0.15, 0.2) is 29.2 Å². The molecule has 1 atom stereocenters. The summed E-state index contributed by atoms with van der Waals surface area (Å²) in [5, 5.41) is 0. The Balaban J connectivity index is 1.66. The van der Waals surface area contributed by atoms with Gasteiger partial charge in [-0.05, 0) is 24.3 Å². The third kappa shape index (κ3) is 4.05. The fraction of sp³-hybridized carbons (Fsp3) is 0.600. The minimum Gasteiger partial charge on any atom is -0.329 e. The minimum absolute atomic E-state index is 0.00377. The number of alkyl halides is 3. The van der Waals surface area contributed by atoms with Crippen molar-refractivity contribution in [3.05, 3.63) is 29.8 Å². The standard InChI is InChI=1S/C15H19F3N2O4S2/c16-15(17,18)12-1-3-14(4-2-12)26(23,24)20-8-6-19(7-9-20)13-5-10-25(21,22)11-13/h1-4,13H,5-11H2/p+1/t13-/m1/s1. The zero-order valence-corrected chi connectivity index (χ0v) is 15.5. The van der Waals surface area contributed by atoms with Gasteiger partial charge in [0.2, 0.25) is 10.0 Å². The largest absolute Gasteiger partial charge is 0.416 e. The quantitative estimate of drug-likeness (QED) is 0.744. The first-order valence-corrected chi connectivity index (χ1v) is 11.5. The van der Waals surface area contributed by atoms with Gasteiger partial charge < -0.3 is 4.90 Å². The summed E-state index contributed by atoms with van der Waals surface area (Å²) in [6, 6.07) is 3.47. The van der Waals surface area contributed by atoms with Gasteiger partial charge in [-0.1, -0.05) is 0 Å².